The lowest BCUT2D eigenvalue weighted by Crippen LogP contribution is -2.29. The van der Waals surface area contributed by atoms with Gasteiger partial charge in [-0.25, -0.2) is 0 Å². The summed E-state index contributed by atoms with van der Waals surface area (Å²) in [5.74, 6) is 0.961. The van der Waals surface area contributed by atoms with Crippen LogP contribution in [-0.2, 0) is 5.60 Å². The molecule has 108 valence electrons. The van der Waals surface area contributed by atoms with Gasteiger partial charge in [0, 0.05) is 11.1 Å². The minimum atomic E-state index is -0.294. The van der Waals surface area contributed by atoms with Crippen LogP contribution in [0, 0.1) is 0 Å². The molecule has 1 aliphatic heterocycles. The van der Waals surface area contributed by atoms with Gasteiger partial charge in [-0.3, -0.25) is 0 Å². The van der Waals surface area contributed by atoms with E-state index in [4.69, 9.17) is 4.74 Å². The molecular formula is C21H18O. The first kappa shape index (κ1) is 13.1. The van der Waals surface area contributed by atoms with Gasteiger partial charge >= 0.3 is 0 Å². The maximum Gasteiger partial charge on any atom is 0.129 e. The molecule has 0 atom stereocenters. The fourth-order valence-corrected chi connectivity index (χ4v) is 3.21. The van der Waals surface area contributed by atoms with Crippen molar-refractivity contribution in [3.8, 4) is 28.0 Å². The van der Waals surface area contributed by atoms with Crippen molar-refractivity contribution in [2.24, 2.45) is 0 Å². The van der Waals surface area contributed by atoms with Crippen molar-refractivity contribution in [1.29, 1.82) is 0 Å². The highest BCUT2D eigenvalue weighted by atomic mass is 16.5. The minimum absolute atomic E-state index is 0.294. The minimum Gasteiger partial charge on any atom is -0.482 e. The largest absolute Gasteiger partial charge is 0.482 e. The average molecular weight is 286 g/mol. The Kier molecular flexibility index (Phi) is 2.83. The van der Waals surface area contributed by atoms with E-state index in [1.165, 1.54) is 27.8 Å². The fourth-order valence-electron chi connectivity index (χ4n) is 3.21. The maximum atomic E-state index is 6.24. The highest BCUT2D eigenvalue weighted by Gasteiger charge is 2.32. The number of fused-ring (bicyclic) bond motifs is 3. The molecule has 1 aliphatic rings. The summed E-state index contributed by atoms with van der Waals surface area (Å²) in [4.78, 5) is 0. The van der Waals surface area contributed by atoms with E-state index in [1.54, 1.807) is 0 Å². The standard InChI is InChI=1S/C21H18O/c1-21(2)19-11-7-6-10-17(19)18-14-16(12-13-20(18)22-21)15-8-4-3-5-9-15/h3-14H,1-2H3. The summed E-state index contributed by atoms with van der Waals surface area (Å²) in [6.07, 6.45) is 0. The molecule has 0 aliphatic carbocycles. The van der Waals surface area contributed by atoms with Gasteiger partial charge < -0.3 is 4.74 Å². The Balaban J connectivity index is 1.92. The first-order chi connectivity index (χ1) is 10.6. The van der Waals surface area contributed by atoms with Crippen molar-refractivity contribution >= 4 is 0 Å². The van der Waals surface area contributed by atoms with Crippen molar-refractivity contribution in [3.05, 3.63) is 78.4 Å². The predicted molar refractivity (Wildman–Crippen MR) is 91.0 cm³/mol. The number of hydrogen-bond donors (Lipinski definition) is 0. The van der Waals surface area contributed by atoms with Crippen LogP contribution in [0.1, 0.15) is 19.4 Å². The lowest BCUT2D eigenvalue weighted by molar-refractivity contribution is 0.106. The van der Waals surface area contributed by atoms with E-state index in [0.717, 1.165) is 5.75 Å². The van der Waals surface area contributed by atoms with Crippen molar-refractivity contribution < 1.29 is 4.74 Å². The monoisotopic (exact) mass is 286 g/mol. The molecule has 1 nitrogen and oxygen atoms in total. The number of ether oxygens (including phenoxy) is 1. The molecule has 3 aromatic rings. The molecule has 4 rings (SSSR count). The van der Waals surface area contributed by atoms with Gasteiger partial charge in [-0.15, -0.1) is 0 Å². The molecule has 0 unspecified atom stereocenters. The lowest BCUT2D eigenvalue weighted by atomic mass is 9.85. The Morgan fingerprint density at radius 2 is 1.41 bits per heavy atom. The Bertz CT molecular complexity index is 832. The molecule has 0 spiro atoms. The molecule has 3 aromatic carbocycles. The van der Waals surface area contributed by atoms with Gasteiger partial charge in [-0.1, -0.05) is 60.7 Å². The normalized spacial score (nSPS) is 14.6. The van der Waals surface area contributed by atoms with Crippen LogP contribution in [0.15, 0.2) is 72.8 Å². The molecule has 0 fully saturated rings. The van der Waals surface area contributed by atoms with Crippen molar-refractivity contribution in [2.75, 3.05) is 0 Å². The Morgan fingerprint density at radius 3 is 2.23 bits per heavy atom. The quantitative estimate of drug-likeness (QED) is 0.562. The summed E-state index contributed by atoms with van der Waals surface area (Å²) in [5, 5.41) is 0. The predicted octanol–water partition coefficient (Wildman–Crippen LogP) is 5.65. The second-order valence-corrected chi connectivity index (χ2v) is 6.23. The molecule has 0 amide bonds. The summed E-state index contributed by atoms with van der Waals surface area (Å²) in [6.45, 7) is 4.25. The highest BCUT2D eigenvalue weighted by molar-refractivity contribution is 5.81. The van der Waals surface area contributed by atoms with E-state index in [-0.39, 0.29) is 5.60 Å². The molecule has 0 radical (unpaired) electrons. The number of rotatable bonds is 1. The Morgan fingerprint density at radius 1 is 0.682 bits per heavy atom. The van der Waals surface area contributed by atoms with E-state index in [1.807, 2.05) is 6.07 Å². The highest BCUT2D eigenvalue weighted by Crippen LogP contribution is 2.46. The molecule has 1 heterocycles. The second-order valence-electron chi connectivity index (χ2n) is 6.23. The molecular weight excluding hydrogens is 268 g/mol. The molecule has 0 bridgehead atoms. The van der Waals surface area contributed by atoms with Crippen molar-refractivity contribution in [3.63, 3.8) is 0 Å². The summed E-state index contributed by atoms with van der Waals surface area (Å²) in [5.41, 5.74) is 5.85. The average Bonchev–Trinajstić information content (AvgIpc) is 2.55. The van der Waals surface area contributed by atoms with Crippen LogP contribution < -0.4 is 4.74 Å². The second kappa shape index (κ2) is 4.74. The van der Waals surface area contributed by atoms with Crippen molar-refractivity contribution in [2.45, 2.75) is 19.4 Å². The Labute approximate surface area is 131 Å². The summed E-state index contributed by atoms with van der Waals surface area (Å²) in [7, 11) is 0. The number of benzene rings is 3. The van der Waals surface area contributed by atoms with Gasteiger partial charge in [0.15, 0.2) is 0 Å². The van der Waals surface area contributed by atoms with Gasteiger partial charge in [0.1, 0.15) is 11.4 Å². The van der Waals surface area contributed by atoms with Crippen LogP contribution >= 0.6 is 0 Å². The zero-order valence-electron chi connectivity index (χ0n) is 12.8. The van der Waals surface area contributed by atoms with Gasteiger partial charge in [-0.05, 0) is 42.7 Å². The summed E-state index contributed by atoms with van der Waals surface area (Å²) >= 11 is 0. The van der Waals surface area contributed by atoms with Crippen LogP contribution in [0.3, 0.4) is 0 Å². The third-order valence-electron chi connectivity index (χ3n) is 4.32. The van der Waals surface area contributed by atoms with Crippen LogP contribution in [0.4, 0.5) is 0 Å². The van der Waals surface area contributed by atoms with Crippen LogP contribution in [0.2, 0.25) is 0 Å². The van der Waals surface area contributed by atoms with Crippen LogP contribution in [0.5, 0.6) is 5.75 Å². The maximum absolute atomic E-state index is 6.24. The molecule has 0 saturated heterocycles. The van der Waals surface area contributed by atoms with Gasteiger partial charge in [0.2, 0.25) is 0 Å². The summed E-state index contributed by atoms with van der Waals surface area (Å²) in [6, 6.07) is 25.5. The smallest absolute Gasteiger partial charge is 0.129 e. The topological polar surface area (TPSA) is 9.23 Å². The first-order valence-electron chi connectivity index (χ1n) is 7.63. The van der Waals surface area contributed by atoms with Crippen molar-refractivity contribution in [1.82, 2.24) is 0 Å². The Hall–Kier alpha value is -2.54. The molecule has 0 aromatic heterocycles. The van der Waals surface area contributed by atoms with E-state index < -0.39 is 0 Å². The first-order valence-corrected chi connectivity index (χ1v) is 7.63. The van der Waals surface area contributed by atoms with E-state index >= 15 is 0 Å². The fraction of sp³-hybridized carbons (Fsp3) is 0.143. The van der Waals surface area contributed by atoms with E-state index in [9.17, 15) is 0 Å². The SMILES string of the molecule is CC1(C)Oc2ccc(-c3ccccc3)cc2-c2ccccc21. The summed E-state index contributed by atoms with van der Waals surface area (Å²) < 4.78 is 6.24. The van der Waals surface area contributed by atoms with Gasteiger partial charge in [0.25, 0.3) is 0 Å². The molecule has 1 heteroatoms. The molecule has 0 saturated carbocycles. The molecule has 0 N–H and O–H groups in total. The lowest BCUT2D eigenvalue weighted by Gasteiger charge is -2.35. The van der Waals surface area contributed by atoms with Crippen LogP contribution in [-0.4, -0.2) is 0 Å². The van der Waals surface area contributed by atoms with Crippen LogP contribution in [0.25, 0.3) is 22.3 Å². The van der Waals surface area contributed by atoms with Gasteiger partial charge in [0.05, 0.1) is 0 Å². The third kappa shape index (κ3) is 2.01. The zero-order chi connectivity index (χ0) is 15.2. The molecule has 22 heavy (non-hydrogen) atoms. The third-order valence-corrected chi connectivity index (χ3v) is 4.32. The van der Waals surface area contributed by atoms with E-state index in [2.05, 4.69) is 80.6 Å². The van der Waals surface area contributed by atoms with E-state index in [0.29, 0.717) is 0 Å². The number of hydrogen-bond acceptors (Lipinski definition) is 1. The zero-order valence-corrected chi connectivity index (χ0v) is 12.8. The van der Waals surface area contributed by atoms with Gasteiger partial charge in [-0.2, -0.15) is 0 Å².